The van der Waals surface area contributed by atoms with Crippen molar-refractivity contribution in [2.24, 2.45) is 0 Å². The Bertz CT molecular complexity index is 684. The molecule has 2 aromatic rings. The first-order chi connectivity index (χ1) is 10.1. The van der Waals surface area contributed by atoms with Crippen molar-refractivity contribution in [3.63, 3.8) is 0 Å². The highest BCUT2D eigenvalue weighted by Gasteiger charge is 2.15. The molecule has 3 nitrogen and oxygen atoms in total. The highest BCUT2D eigenvalue weighted by Crippen LogP contribution is 2.23. The van der Waals surface area contributed by atoms with Gasteiger partial charge in [-0.15, -0.1) is 0 Å². The molecule has 0 saturated heterocycles. The van der Waals surface area contributed by atoms with Crippen molar-refractivity contribution in [1.82, 2.24) is 5.32 Å². The van der Waals surface area contributed by atoms with Crippen molar-refractivity contribution < 1.29 is 4.79 Å². The number of hydrogen-bond acceptors (Lipinski definition) is 2. The largest absolute Gasteiger partial charge is 0.384 e. The van der Waals surface area contributed by atoms with Crippen LogP contribution in [0.4, 0.5) is 5.69 Å². The molecule has 0 saturated carbocycles. The van der Waals surface area contributed by atoms with Crippen LogP contribution in [-0.2, 0) is 6.42 Å². The third-order valence-electron chi connectivity index (χ3n) is 3.77. The van der Waals surface area contributed by atoms with Crippen molar-refractivity contribution in [1.29, 1.82) is 0 Å². The fourth-order valence-electron chi connectivity index (χ4n) is 2.59. The summed E-state index contributed by atoms with van der Waals surface area (Å²) in [6.45, 7) is 2.95. The Morgan fingerprint density at radius 1 is 1.29 bits per heavy atom. The molecule has 21 heavy (non-hydrogen) atoms. The van der Waals surface area contributed by atoms with Crippen LogP contribution in [0.1, 0.15) is 34.5 Å². The number of benzene rings is 2. The van der Waals surface area contributed by atoms with Crippen LogP contribution in [0.5, 0.6) is 0 Å². The maximum absolute atomic E-state index is 12.4. The standard InChI is InChI=1S/C17H17BrN2O/c1-11(12-3-2-4-15(18)10-12)20-17(21)14-5-6-16-13(9-14)7-8-19-16/h2-6,9-11,19H,7-8H2,1H3,(H,20,21). The van der Waals surface area contributed by atoms with Crippen molar-refractivity contribution in [2.45, 2.75) is 19.4 Å². The first-order valence-electron chi connectivity index (χ1n) is 7.06. The van der Waals surface area contributed by atoms with E-state index in [1.54, 1.807) is 0 Å². The van der Waals surface area contributed by atoms with Crippen molar-refractivity contribution >= 4 is 27.5 Å². The summed E-state index contributed by atoms with van der Waals surface area (Å²) in [6.07, 6.45) is 0.984. The van der Waals surface area contributed by atoms with Crippen molar-refractivity contribution in [3.05, 3.63) is 63.6 Å². The summed E-state index contributed by atoms with van der Waals surface area (Å²) >= 11 is 3.46. The average molecular weight is 345 g/mol. The summed E-state index contributed by atoms with van der Waals surface area (Å²) in [6, 6.07) is 13.8. The first kappa shape index (κ1) is 14.1. The SMILES string of the molecule is CC(NC(=O)c1ccc2c(c1)CCN2)c1cccc(Br)c1. The first-order valence-corrected chi connectivity index (χ1v) is 7.86. The van der Waals surface area contributed by atoms with Gasteiger partial charge >= 0.3 is 0 Å². The highest BCUT2D eigenvalue weighted by atomic mass is 79.9. The second kappa shape index (κ2) is 5.90. The molecule has 2 aromatic carbocycles. The molecule has 0 spiro atoms. The summed E-state index contributed by atoms with van der Waals surface area (Å²) < 4.78 is 1.02. The Morgan fingerprint density at radius 3 is 2.95 bits per heavy atom. The maximum Gasteiger partial charge on any atom is 0.251 e. The third-order valence-corrected chi connectivity index (χ3v) is 4.27. The zero-order chi connectivity index (χ0) is 14.8. The zero-order valence-electron chi connectivity index (χ0n) is 11.8. The van der Waals surface area contributed by atoms with E-state index < -0.39 is 0 Å². The number of anilines is 1. The van der Waals surface area contributed by atoms with E-state index in [-0.39, 0.29) is 11.9 Å². The fraction of sp³-hybridized carbons (Fsp3) is 0.235. The number of fused-ring (bicyclic) bond motifs is 1. The molecule has 0 radical (unpaired) electrons. The minimum absolute atomic E-state index is 0.0265. The number of nitrogens with one attached hydrogen (secondary N) is 2. The van der Waals surface area contributed by atoms with Gasteiger partial charge in [0.2, 0.25) is 0 Å². The quantitative estimate of drug-likeness (QED) is 0.886. The monoisotopic (exact) mass is 344 g/mol. The van der Waals surface area contributed by atoms with Gasteiger partial charge in [-0.25, -0.2) is 0 Å². The summed E-state index contributed by atoms with van der Waals surface area (Å²) in [5, 5.41) is 6.35. The predicted molar refractivity (Wildman–Crippen MR) is 88.7 cm³/mol. The van der Waals surface area contributed by atoms with E-state index in [1.165, 1.54) is 5.56 Å². The van der Waals surface area contributed by atoms with Crippen molar-refractivity contribution in [3.8, 4) is 0 Å². The van der Waals surface area contributed by atoms with Crippen LogP contribution >= 0.6 is 15.9 Å². The van der Waals surface area contributed by atoms with Crippen LogP contribution in [0.25, 0.3) is 0 Å². The number of rotatable bonds is 3. The van der Waals surface area contributed by atoms with E-state index in [9.17, 15) is 4.79 Å². The van der Waals surface area contributed by atoms with Gasteiger partial charge in [0, 0.05) is 22.3 Å². The van der Waals surface area contributed by atoms with Crippen LogP contribution in [0.2, 0.25) is 0 Å². The van der Waals surface area contributed by atoms with Crippen LogP contribution < -0.4 is 10.6 Å². The lowest BCUT2D eigenvalue weighted by atomic mass is 10.1. The molecule has 1 unspecified atom stereocenters. The third kappa shape index (κ3) is 3.10. The molecule has 108 valence electrons. The van der Waals surface area contributed by atoms with E-state index in [4.69, 9.17) is 0 Å². The minimum atomic E-state index is -0.0304. The van der Waals surface area contributed by atoms with Crippen LogP contribution in [0.15, 0.2) is 46.9 Å². The second-order valence-corrected chi connectivity index (χ2v) is 6.21. The Kier molecular flexibility index (Phi) is 3.97. The molecule has 2 N–H and O–H groups in total. The number of carbonyl (C=O) groups excluding carboxylic acids is 1. The molecule has 0 aliphatic carbocycles. The average Bonchev–Trinajstić information content (AvgIpc) is 2.94. The molecule has 1 amide bonds. The fourth-order valence-corrected chi connectivity index (χ4v) is 3.00. The number of halogens is 1. The molecule has 3 rings (SSSR count). The summed E-state index contributed by atoms with van der Waals surface area (Å²) in [5.74, 6) is -0.0304. The molecule has 0 fully saturated rings. The number of hydrogen-bond donors (Lipinski definition) is 2. The molecule has 0 aromatic heterocycles. The van der Waals surface area contributed by atoms with Crippen LogP contribution in [0, 0.1) is 0 Å². The van der Waals surface area contributed by atoms with Gasteiger partial charge < -0.3 is 10.6 Å². The molecule has 1 heterocycles. The number of carbonyl (C=O) groups is 1. The van der Waals surface area contributed by atoms with Gasteiger partial charge in [0.25, 0.3) is 5.91 Å². The maximum atomic E-state index is 12.4. The van der Waals surface area contributed by atoms with Gasteiger partial charge in [-0.05, 0) is 54.8 Å². The summed E-state index contributed by atoms with van der Waals surface area (Å²) in [7, 11) is 0. The van der Waals surface area contributed by atoms with Crippen molar-refractivity contribution in [2.75, 3.05) is 11.9 Å². The van der Waals surface area contributed by atoms with Crippen LogP contribution in [0.3, 0.4) is 0 Å². The normalized spacial score (nSPS) is 14.2. The molecular weight excluding hydrogens is 328 g/mol. The van der Waals surface area contributed by atoms with Gasteiger partial charge in [-0.3, -0.25) is 4.79 Å². The van der Waals surface area contributed by atoms with Gasteiger partial charge in [0.05, 0.1) is 6.04 Å². The lowest BCUT2D eigenvalue weighted by Gasteiger charge is -2.15. The highest BCUT2D eigenvalue weighted by molar-refractivity contribution is 9.10. The van der Waals surface area contributed by atoms with E-state index in [0.717, 1.165) is 34.3 Å². The predicted octanol–water partition coefficient (Wildman–Crippen LogP) is 3.91. The van der Waals surface area contributed by atoms with Gasteiger partial charge in [0.1, 0.15) is 0 Å². The van der Waals surface area contributed by atoms with Crippen LogP contribution in [-0.4, -0.2) is 12.5 Å². The Morgan fingerprint density at radius 2 is 2.14 bits per heavy atom. The number of amides is 1. The van der Waals surface area contributed by atoms with E-state index in [1.807, 2.05) is 49.4 Å². The van der Waals surface area contributed by atoms with E-state index >= 15 is 0 Å². The summed E-state index contributed by atoms with van der Waals surface area (Å²) in [5.41, 5.74) is 4.17. The molecule has 1 atom stereocenters. The molecule has 4 heteroatoms. The lowest BCUT2D eigenvalue weighted by Crippen LogP contribution is -2.26. The molecule has 1 aliphatic heterocycles. The zero-order valence-corrected chi connectivity index (χ0v) is 13.4. The lowest BCUT2D eigenvalue weighted by molar-refractivity contribution is 0.0940. The minimum Gasteiger partial charge on any atom is -0.384 e. The molecular formula is C17H17BrN2O. The Balaban J connectivity index is 1.74. The molecule has 1 aliphatic rings. The smallest absolute Gasteiger partial charge is 0.251 e. The second-order valence-electron chi connectivity index (χ2n) is 5.30. The molecule has 0 bridgehead atoms. The van der Waals surface area contributed by atoms with Gasteiger partial charge in [0.15, 0.2) is 0 Å². The Labute approximate surface area is 132 Å². The van der Waals surface area contributed by atoms with E-state index in [0.29, 0.717) is 0 Å². The van der Waals surface area contributed by atoms with E-state index in [2.05, 4.69) is 26.6 Å². The van der Waals surface area contributed by atoms with Gasteiger partial charge in [-0.2, -0.15) is 0 Å². The Hall–Kier alpha value is -1.81. The van der Waals surface area contributed by atoms with Gasteiger partial charge in [-0.1, -0.05) is 28.1 Å². The summed E-state index contributed by atoms with van der Waals surface area (Å²) in [4.78, 5) is 12.4. The topological polar surface area (TPSA) is 41.1 Å².